The molecule has 1 aromatic carbocycles. The summed E-state index contributed by atoms with van der Waals surface area (Å²) in [5, 5.41) is 31.3. The summed E-state index contributed by atoms with van der Waals surface area (Å²) < 4.78 is 0. The van der Waals surface area contributed by atoms with Crippen LogP contribution in [0.3, 0.4) is 0 Å². The van der Waals surface area contributed by atoms with E-state index in [9.17, 15) is 15.2 Å². The summed E-state index contributed by atoms with van der Waals surface area (Å²) in [6.07, 6.45) is 0. The van der Waals surface area contributed by atoms with Crippen molar-refractivity contribution in [1.29, 1.82) is 0 Å². The van der Waals surface area contributed by atoms with Crippen LogP contribution in [0.2, 0.25) is 0 Å². The zero-order valence-electron chi connectivity index (χ0n) is 14.2. The normalized spacial score (nSPS) is 14.0. The van der Waals surface area contributed by atoms with Crippen LogP contribution in [-0.4, -0.2) is 29.1 Å². The van der Waals surface area contributed by atoms with Crippen molar-refractivity contribution in [2.45, 2.75) is 26.0 Å². The molecule has 0 aliphatic carbocycles. The number of nitro benzene ring substituents is 1. The smallest absolute Gasteiger partial charge is 0.269 e. The van der Waals surface area contributed by atoms with Crippen LogP contribution in [0.1, 0.15) is 25.0 Å². The van der Waals surface area contributed by atoms with Crippen molar-refractivity contribution in [1.82, 2.24) is 10.6 Å². The van der Waals surface area contributed by atoms with Gasteiger partial charge in [0.1, 0.15) is 5.60 Å². The van der Waals surface area contributed by atoms with E-state index in [1.54, 1.807) is 30.4 Å². The lowest BCUT2D eigenvalue weighted by Gasteiger charge is -2.24. The number of hydrogen-bond donors (Lipinski definition) is 3. The lowest BCUT2D eigenvalue weighted by molar-refractivity contribution is -0.384. The Labute approximate surface area is 150 Å². The number of non-ortho nitro benzene ring substituents is 1. The number of benzene rings is 1. The Kier molecular flexibility index (Phi) is 6.49. The summed E-state index contributed by atoms with van der Waals surface area (Å²) in [4.78, 5) is 14.7. The molecule has 0 saturated carbocycles. The fourth-order valence-electron chi connectivity index (χ4n) is 2.16. The standard InChI is InChI=1S/C17H22N4O3S/c1-3-18-16(20-12-17(2,22)14-8-9-25-11-14)19-10-13-4-6-15(7-5-13)21(23)24/h4-9,11,22H,3,10,12H2,1-2H3,(H2,18,19,20). The topological polar surface area (TPSA) is 99.8 Å². The molecule has 1 unspecified atom stereocenters. The van der Waals surface area contributed by atoms with E-state index in [4.69, 9.17) is 0 Å². The lowest BCUT2D eigenvalue weighted by Crippen LogP contribution is -2.44. The highest BCUT2D eigenvalue weighted by Gasteiger charge is 2.23. The van der Waals surface area contributed by atoms with Gasteiger partial charge in [0.2, 0.25) is 0 Å². The Morgan fingerprint density at radius 2 is 2.04 bits per heavy atom. The second kappa shape index (κ2) is 8.59. The molecule has 0 fully saturated rings. The second-order valence-corrected chi connectivity index (χ2v) is 6.54. The van der Waals surface area contributed by atoms with E-state index in [0.29, 0.717) is 25.6 Å². The van der Waals surface area contributed by atoms with E-state index in [1.165, 1.54) is 12.1 Å². The number of nitrogens with zero attached hydrogens (tertiary/aromatic N) is 2. The van der Waals surface area contributed by atoms with Crippen molar-refractivity contribution in [3.63, 3.8) is 0 Å². The van der Waals surface area contributed by atoms with Gasteiger partial charge in [-0.15, -0.1) is 0 Å². The summed E-state index contributed by atoms with van der Waals surface area (Å²) in [7, 11) is 0. The Balaban J connectivity index is 1.99. The fourth-order valence-corrected chi connectivity index (χ4v) is 2.95. The molecule has 8 heteroatoms. The van der Waals surface area contributed by atoms with Gasteiger partial charge in [0.05, 0.1) is 18.0 Å². The van der Waals surface area contributed by atoms with Crippen LogP contribution in [0.5, 0.6) is 0 Å². The summed E-state index contributed by atoms with van der Waals surface area (Å²) in [5.41, 5.74) is 0.789. The molecule has 0 spiro atoms. The van der Waals surface area contributed by atoms with Gasteiger partial charge < -0.3 is 15.7 Å². The number of nitro groups is 1. The number of guanidine groups is 1. The molecule has 25 heavy (non-hydrogen) atoms. The molecule has 0 aliphatic heterocycles. The van der Waals surface area contributed by atoms with E-state index in [0.717, 1.165) is 11.1 Å². The van der Waals surface area contributed by atoms with Gasteiger partial charge in [-0.05, 0) is 41.8 Å². The van der Waals surface area contributed by atoms with Gasteiger partial charge in [-0.2, -0.15) is 11.3 Å². The first-order chi connectivity index (χ1) is 11.9. The Morgan fingerprint density at radius 3 is 2.60 bits per heavy atom. The quantitative estimate of drug-likeness (QED) is 0.304. The van der Waals surface area contributed by atoms with Gasteiger partial charge in [0.15, 0.2) is 5.96 Å². The van der Waals surface area contributed by atoms with Gasteiger partial charge in [-0.3, -0.25) is 10.1 Å². The molecule has 0 saturated heterocycles. The number of rotatable bonds is 7. The highest BCUT2D eigenvalue weighted by atomic mass is 32.1. The third-order valence-corrected chi connectivity index (χ3v) is 4.34. The van der Waals surface area contributed by atoms with Crippen LogP contribution in [0.4, 0.5) is 5.69 Å². The van der Waals surface area contributed by atoms with Gasteiger partial charge >= 0.3 is 0 Å². The molecular weight excluding hydrogens is 340 g/mol. The first kappa shape index (κ1) is 18.9. The summed E-state index contributed by atoms with van der Waals surface area (Å²) in [6.45, 7) is 5.10. The maximum atomic E-state index is 10.7. The Hall–Kier alpha value is -2.45. The number of nitrogens with one attached hydrogen (secondary N) is 2. The van der Waals surface area contributed by atoms with E-state index in [2.05, 4.69) is 15.6 Å². The van der Waals surface area contributed by atoms with E-state index in [-0.39, 0.29) is 5.69 Å². The van der Waals surface area contributed by atoms with Crippen molar-refractivity contribution in [2.75, 3.05) is 13.1 Å². The van der Waals surface area contributed by atoms with Crippen LogP contribution in [0.25, 0.3) is 0 Å². The first-order valence-electron chi connectivity index (χ1n) is 7.93. The number of hydrogen-bond acceptors (Lipinski definition) is 5. The molecule has 1 atom stereocenters. The third kappa shape index (κ3) is 5.54. The molecule has 1 heterocycles. The molecule has 7 nitrogen and oxygen atoms in total. The van der Waals surface area contributed by atoms with Crippen molar-refractivity contribution in [3.05, 3.63) is 62.3 Å². The third-order valence-electron chi connectivity index (χ3n) is 3.65. The van der Waals surface area contributed by atoms with Gasteiger partial charge in [0, 0.05) is 18.7 Å². The predicted octanol–water partition coefficient (Wildman–Crippen LogP) is 2.62. The molecule has 0 radical (unpaired) electrons. The summed E-state index contributed by atoms with van der Waals surface area (Å²) in [6, 6.07) is 8.20. The molecule has 1 aromatic heterocycles. The van der Waals surface area contributed by atoms with Crippen LogP contribution in [0.15, 0.2) is 46.1 Å². The molecule has 0 amide bonds. The minimum absolute atomic E-state index is 0.0598. The van der Waals surface area contributed by atoms with E-state index < -0.39 is 10.5 Å². The Bertz CT molecular complexity index is 712. The second-order valence-electron chi connectivity index (χ2n) is 5.76. The van der Waals surface area contributed by atoms with Crippen molar-refractivity contribution >= 4 is 23.0 Å². The van der Waals surface area contributed by atoms with Gasteiger partial charge in [-0.1, -0.05) is 12.1 Å². The first-order valence-corrected chi connectivity index (χ1v) is 8.87. The lowest BCUT2D eigenvalue weighted by atomic mass is 9.99. The highest BCUT2D eigenvalue weighted by molar-refractivity contribution is 7.08. The molecule has 0 bridgehead atoms. The van der Waals surface area contributed by atoms with Crippen LogP contribution >= 0.6 is 11.3 Å². The number of thiophene rings is 1. The molecular formula is C17H22N4O3S. The van der Waals surface area contributed by atoms with Crippen LogP contribution in [0, 0.1) is 10.1 Å². The Morgan fingerprint density at radius 1 is 1.32 bits per heavy atom. The van der Waals surface area contributed by atoms with Gasteiger partial charge in [0.25, 0.3) is 5.69 Å². The molecule has 0 aliphatic rings. The summed E-state index contributed by atoms with van der Waals surface area (Å²) >= 11 is 1.54. The molecule has 3 N–H and O–H groups in total. The van der Waals surface area contributed by atoms with E-state index in [1.807, 2.05) is 23.8 Å². The average molecular weight is 362 g/mol. The maximum Gasteiger partial charge on any atom is 0.269 e. The molecule has 2 aromatic rings. The van der Waals surface area contributed by atoms with Gasteiger partial charge in [-0.25, -0.2) is 4.99 Å². The van der Waals surface area contributed by atoms with E-state index >= 15 is 0 Å². The highest BCUT2D eigenvalue weighted by Crippen LogP contribution is 2.22. The minimum Gasteiger partial charge on any atom is -0.384 e. The molecule has 2 rings (SSSR count). The molecule has 134 valence electrons. The van der Waals surface area contributed by atoms with Crippen molar-refractivity contribution in [3.8, 4) is 0 Å². The summed E-state index contributed by atoms with van der Waals surface area (Å²) in [5.74, 6) is 0.580. The zero-order chi connectivity index (χ0) is 18.3. The SMILES string of the molecule is CCNC(=NCc1ccc([N+](=O)[O-])cc1)NCC(C)(O)c1ccsc1. The zero-order valence-corrected chi connectivity index (χ0v) is 15.0. The fraction of sp³-hybridized carbons (Fsp3) is 0.353. The van der Waals surface area contributed by atoms with Crippen molar-refractivity contribution < 1.29 is 10.0 Å². The maximum absolute atomic E-state index is 10.7. The number of aliphatic hydroxyl groups is 1. The monoisotopic (exact) mass is 362 g/mol. The predicted molar refractivity (Wildman–Crippen MR) is 99.8 cm³/mol. The number of aliphatic imine (C=N–C) groups is 1. The van der Waals surface area contributed by atoms with Crippen LogP contribution in [-0.2, 0) is 12.1 Å². The van der Waals surface area contributed by atoms with Crippen molar-refractivity contribution in [2.24, 2.45) is 4.99 Å². The van der Waals surface area contributed by atoms with Crippen LogP contribution < -0.4 is 10.6 Å². The minimum atomic E-state index is -0.996. The largest absolute Gasteiger partial charge is 0.384 e. The average Bonchev–Trinajstić information content (AvgIpc) is 3.13.